The molecule has 0 spiro atoms. The van der Waals surface area contributed by atoms with Crippen LogP contribution >= 0.6 is 0 Å². The zero-order valence-corrected chi connectivity index (χ0v) is 9.26. The molecule has 0 atom stereocenters. The third kappa shape index (κ3) is 18.0. The van der Waals surface area contributed by atoms with E-state index in [-0.39, 0.29) is 42.3 Å². The van der Waals surface area contributed by atoms with Gasteiger partial charge in [-0.15, -0.1) is 0 Å². The van der Waals surface area contributed by atoms with Crippen molar-refractivity contribution in [1.29, 1.82) is 0 Å². The normalized spacial score (nSPS) is 7.11. The minimum Gasteiger partial charge on any atom is -0.509 e. The Balaban J connectivity index is -0.000000180. The maximum Gasteiger partial charge on any atom is 0.108 e. The maximum absolute atomic E-state index is 8.35. The summed E-state index contributed by atoms with van der Waals surface area (Å²) in [6.45, 7) is 6.61. The van der Waals surface area contributed by atoms with Crippen LogP contribution in [0.25, 0.3) is 0 Å². The molecule has 0 rings (SSSR count). The Hall–Kier alpha value is 0.0319. The molecule has 0 aliphatic rings. The smallest absolute Gasteiger partial charge is 0.108 e. The van der Waals surface area contributed by atoms with Gasteiger partial charge in [0.15, 0.2) is 0 Å². The Morgan fingerprint density at radius 2 is 1.89 bits per heavy atom. The van der Waals surface area contributed by atoms with Gasteiger partial charge in [-0.05, 0) is 6.08 Å². The quantitative estimate of drug-likeness (QED) is 0.585. The molecule has 3 heteroatoms. The summed E-state index contributed by atoms with van der Waals surface area (Å²) in [6, 6.07) is 0. The minimum atomic E-state index is 0. The van der Waals surface area contributed by atoms with Crippen LogP contribution in [0, 0.1) is 31.1 Å². The molecule has 50 valence electrons. The van der Waals surface area contributed by atoms with E-state index in [2.05, 4.69) is 13.2 Å². The predicted octanol–water partition coefficient (Wildman–Crippen LogP) is 0.976. The van der Waals surface area contributed by atoms with Gasteiger partial charge in [0.05, 0.1) is 0 Å². The van der Waals surface area contributed by atoms with E-state index in [9.17, 15) is 0 Å². The Morgan fingerprint density at radius 3 is 2.00 bits per heavy atom. The van der Waals surface area contributed by atoms with Crippen LogP contribution in [0.4, 0.5) is 0 Å². The molecule has 0 aliphatic carbocycles. The zero-order chi connectivity index (χ0) is 5.70. The van der Waals surface area contributed by atoms with Crippen molar-refractivity contribution in [3.05, 3.63) is 37.1 Å². The van der Waals surface area contributed by atoms with Crippen LogP contribution < -0.4 is 0 Å². The Bertz CT molecular complexity index is 108. The Kier molecular flexibility index (Phi) is 19.4. The van der Waals surface area contributed by atoms with Crippen LogP contribution in [0.2, 0.25) is 0 Å². The first-order valence-electron chi connectivity index (χ1n) is 1.94. The molecule has 0 saturated carbocycles. The first-order chi connectivity index (χ1) is 3.27. The van der Waals surface area contributed by atoms with E-state index < -0.39 is 0 Å². The summed E-state index contributed by atoms with van der Waals surface area (Å²) in [5, 5.41) is 8.35. The fourth-order valence-electron chi connectivity index (χ4n) is 0.179. The van der Waals surface area contributed by atoms with E-state index in [1.807, 2.05) is 0 Å². The van der Waals surface area contributed by atoms with Gasteiger partial charge in [-0.2, -0.15) is 0 Å². The van der Waals surface area contributed by atoms with Crippen molar-refractivity contribution < 1.29 is 41.7 Å². The average molecular weight is 352 g/mol. The SMILES string of the molecule is C=C/C=C\C(=C)O.O.[U]. The molecule has 0 aromatic heterocycles. The van der Waals surface area contributed by atoms with Crippen LogP contribution in [-0.4, -0.2) is 10.6 Å². The van der Waals surface area contributed by atoms with Crippen molar-refractivity contribution in [2.75, 3.05) is 0 Å². The van der Waals surface area contributed by atoms with E-state index >= 15 is 0 Å². The van der Waals surface area contributed by atoms with E-state index in [0.717, 1.165) is 0 Å². The van der Waals surface area contributed by atoms with E-state index in [1.165, 1.54) is 6.08 Å². The van der Waals surface area contributed by atoms with Crippen LogP contribution in [0.5, 0.6) is 0 Å². The molecule has 0 aromatic carbocycles. The van der Waals surface area contributed by atoms with E-state index in [4.69, 9.17) is 5.11 Å². The standard InChI is InChI=1S/C6H8O.H2O.U/c1-3-4-5-6(2)7;;/h3-5,7H,1-2H2;1H2;/b5-4-;;. The molecular weight excluding hydrogens is 342 g/mol. The number of aliphatic hydroxyl groups excluding tert-OH is 1. The topological polar surface area (TPSA) is 51.7 Å². The van der Waals surface area contributed by atoms with Gasteiger partial charge in [0.2, 0.25) is 0 Å². The van der Waals surface area contributed by atoms with Crippen molar-refractivity contribution in [2.24, 2.45) is 0 Å². The number of rotatable bonds is 2. The molecule has 0 amide bonds. The van der Waals surface area contributed by atoms with Crippen molar-refractivity contribution in [1.82, 2.24) is 0 Å². The molecule has 0 bridgehead atoms. The third-order valence-electron chi connectivity index (χ3n) is 0.425. The average Bonchev–Trinajstić information content (AvgIpc) is 1.61. The molecule has 0 unspecified atom stereocenters. The molecule has 3 N–H and O–H groups in total. The van der Waals surface area contributed by atoms with Crippen molar-refractivity contribution in [3.8, 4) is 0 Å². The predicted molar refractivity (Wildman–Crippen MR) is 34.7 cm³/mol. The summed E-state index contributed by atoms with van der Waals surface area (Å²) in [6.07, 6.45) is 4.65. The second kappa shape index (κ2) is 10.9. The van der Waals surface area contributed by atoms with Crippen molar-refractivity contribution >= 4 is 0 Å². The van der Waals surface area contributed by atoms with Gasteiger partial charge in [-0.3, -0.25) is 0 Å². The van der Waals surface area contributed by atoms with Crippen molar-refractivity contribution in [3.63, 3.8) is 0 Å². The van der Waals surface area contributed by atoms with Crippen LogP contribution in [0.15, 0.2) is 37.1 Å². The fraction of sp³-hybridized carbons (Fsp3) is 0. The maximum atomic E-state index is 8.35. The number of hydrogen-bond acceptors (Lipinski definition) is 1. The third-order valence-corrected chi connectivity index (χ3v) is 0.425. The number of allylic oxidation sites excluding steroid dienone is 3. The van der Waals surface area contributed by atoms with Gasteiger partial charge < -0.3 is 10.6 Å². The van der Waals surface area contributed by atoms with Gasteiger partial charge in [-0.1, -0.05) is 25.3 Å². The number of aliphatic hydroxyl groups is 1. The fourth-order valence-corrected chi connectivity index (χ4v) is 0.179. The van der Waals surface area contributed by atoms with Crippen LogP contribution in [0.1, 0.15) is 0 Å². The van der Waals surface area contributed by atoms with Gasteiger partial charge in [0.1, 0.15) is 5.76 Å². The van der Waals surface area contributed by atoms with Gasteiger partial charge in [0, 0.05) is 31.1 Å². The molecule has 2 nitrogen and oxygen atoms in total. The van der Waals surface area contributed by atoms with E-state index in [1.54, 1.807) is 12.2 Å². The molecule has 9 heavy (non-hydrogen) atoms. The second-order valence-corrected chi connectivity index (χ2v) is 1.09. The first-order valence-corrected chi connectivity index (χ1v) is 1.94. The summed E-state index contributed by atoms with van der Waals surface area (Å²) in [5.41, 5.74) is 0. The molecule has 0 saturated heterocycles. The van der Waals surface area contributed by atoms with Crippen LogP contribution in [0.3, 0.4) is 0 Å². The molecule has 0 aromatic rings. The van der Waals surface area contributed by atoms with Crippen molar-refractivity contribution in [2.45, 2.75) is 0 Å². The minimum absolute atomic E-state index is 0. The van der Waals surface area contributed by atoms with Gasteiger partial charge in [-0.25, -0.2) is 0 Å². The Labute approximate surface area is 78.7 Å². The zero-order valence-electron chi connectivity index (χ0n) is 5.09. The molecule has 0 radical (unpaired) electrons. The van der Waals surface area contributed by atoms with Crippen LogP contribution in [-0.2, 0) is 0 Å². The van der Waals surface area contributed by atoms with Gasteiger partial charge in [0.25, 0.3) is 0 Å². The summed E-state index contributed by atoms with van der Waals surface area (Å²) in [4.78, 5) is 0. The summed E-state index contributed by atoms with van der Waals surface area (Å²) in [7, 11) is 0. The monoisotopic (exact) mass is 352 g/mol. The van der Waals surface area contributed by atoms with Gasteiger partial charge >= 0.3 is 0 Å². The second-order valence-electron chi connectivity index (χ2n) is 1.09. The largest absolute Gasteiger partial charge is 0.509 e. The molecule has 0 fully saturated rings. The number of hydrogen-bond donors (Lipinski definition) is 1. The summed E-state index contributed by atoms with van der Waals surface area (Å²) in [5.74, 6) is 0.0555. The Morgan fingerprint density at radius 1 is 1.44 bits per heavy atom. The molecular formula is C6H10O2U. The molecule has 0 heterocycles. The first kappa shape index (κ1) is 16.0. The van der Waals surface area contributed by atoms with E-state index in [0.29, 0.717) is 0 Å². The summed E-state index contributed by atoms with van der Waals surface area (Å²) >= 11 is 0. The molecule has 0 aliphatic heterocycles. The summed E-state index contributed by atoms with van der Waals surface area (Å²) < 4.78 is 0.